The molecule has 0 aliphatic carbocycles. The van der Waals surface area contributed by atoms with E-state index >= 15 is 0 Å². The minimum absolute atomic E-state index is 0.112. The van der Waals surface area contributed by atoms with E-state index in [2.05, 4.69) is 4.98 Å². The zero-order valence-electron chi connectivity index (χ0n) is 13.8. The minimum atomic E-state index is -3.22. The van der Waals surface area contributed by atoms with Crippen molar-refractivity contribution in [2.24, 2.45) is 0 Å². The largest absolute Gasteiger partial charge is 0.455 e. The van der Waals surface area contributed by atoms with Gasteiger partial charge in [0, 0.05) is 6.54 Å². The molecule has 1 saturated heterocycles. The van der Waals surface area contributed by atoms with Gasteiger partial charge in [0.05, 0.1) is 27.2 Å². The standard InChI is InChI=1S/C18H16N2O4S2/c21-18(24-12-17-19-15-4-1-2-5-16(15)25-17)13-6-8-14(9-7-13)20-10-3-11-26(20,22)23/h1-2,4-9H,3,10-12H2. The summed E-state index contributed by atoms with van der Waals surface area (Å²) in [7, 11) is -3.22. The summed E-state index contributed by atoms with van der Waals surface area (Å²) in [5, 5.41) is 0.735. The number of hydrogen-bond acceptors (Lipinski definition) is 6. The summed E-state index contributed by atoms with van der Waals surface area (Å²) in [5.74, 6) is -0.293. The van der Waals surface area contributed by atoms with E-state index < -0.39 is 16.0 Å². The van der Waals surface area contributed by atoms with Crippen LogP contribution in [0.3, 0.4) is 0 Å². The van der Waals surface area contributed by atoms with Crippen LogP contribution in [0.5, 0.6) is 0 Å². The Hall–Kier alpha value is -2.45. The third kappa shape index (κ3) is 3.30. The molecule has 1 aromatic heterocycles. The first kappa shape index (κ1) is 17.0. The normalized spacial score (nSPS) is 16.1. The number of thiazole rings is 1. The Bertz CT molecular complexity index is 1030. The van der Waals surface area contributed by atoms with Crippen molar-refractivity contribution in [3.63, 3.8) is 0 Å². The van der Waals surface area contributed by atoms with Crippen molar-refractivity contribution in [3.8, 4) is 0 Å². The molecule has 0 saturated carbocycles. The lowest BCUT2D eigenvalue weighted by Crippen LogP contribution is -2.25. The number of fused-ring (bicyclic) bond motifs is 1. The summed E-state index contributed by atoms with van der Waals surface area (Å²) < 4.78 is 31.6. The number of hydrogen-bond donors (Lipinski definition) is 0. The van der Waals surface area contributed by atoms with Crippen molar-refractivity contribution in [2.75, 3.05) is 16.6 Å². The number of benzene rings is 2. The van der Waals surface area contributed by atoms with Crippen LogP contribution in [-0.2, 0) is 21.4 Å². The van der Waals surface area contributed by atoms with Crippen LogP contribution in [0.2, 0.25) is 0 Å². The fraction of sp³-hybridized carbons (Fsp3) is 0.222. The monoisotopic (exact) mass is 388 g/mol. The molecule has 2 heterocycles. The minimum Gasteiger partial charge on any atom is -0.455 e. The maximum Gasteiger partial charge on any atom is 0.338 e. The molecule has 0 bridgehead atoms. The molecule has 0 radical (unpaired) electrons. The first-order chi connectivity index (χ1) is 12.5. The van der Waals surface area contributed by atoms with Crippen molar-refractivity contribution in [1.82, 2.24) is 4.98 Å². The molecule has 134 valence electrons. The molecule has 1 aliphatic rings. The van der Waals surface area contributed by atoms with E-state index in [4.69, 9.17) is 4.74 Å². The predicted octanol–water partition coefficient (Wildman–Crippen LogP) is 3.19. The van der Waals surface area contributed by atoms with Gasteiger partial charge in [0.2, 0.25) is 10.0 Å². The van der Waals surface area contributed by atoms with Gasteiger partial charge >= 0.3 is 5.97 Å². The van der Waals surface area contributed by atoms with Crippen molar-refractivity contribution >= 4 is 43.2 Å². The summed E-state index contributed by atoms with van der Waals surface area (Å²) in [6, 6.07) is 14.2. The zero-order valence-corrected chi connectivity index (χ0v) is 15.4. The predicted molar refractivity (Wildman–Crippen MR) is 101 cm³/mol. The second-order valence-corrected chi connectivity index (χ2v) is 9.07. The summed E-state index contributed by atoms with van der Waals surface area (Å²) in [5.41, 5.74) is 1.84. The van der Waals surface area contributed by atoms with Crippen LogP contribution in [0.25, 0.3) is 10.2 Å². The number of esters is 1. The van der Waals surface area contributed by atoms with Crippen molar-refractivity contribution in [1.29, 1.82) is 0 Å². The number of ether oxygens (including phenoxy) is 1. The first-order valence-electron chi connectivity index (χ1n) is 8.15. The highest BCUT2D eigenvalue weighted by Crippen LogP contribution is 2.25. The quantitative estimate of drug-likeness (QED) is 0.642. The lowest BCUT2D eigenvalue weighted by Gasteiger charge is -2.16. The van der Waals surface area contributed by atoms with E-state index in [1.54, 1.807) is 24.3 Å². The van der Waals surface area contributed by atoms with Gasteiger partial charge in [-0.15, -0.1) is 11.3 Å². The Morgan fingerprint density at radius 1 is 1.15 bits per heavy atom. The smallest absolute Gasteiger partial charge is 0.338 e. The molecule has 0 N–H and O–H groups in total. The maximum absolute atomic E-state index is 12.2. The molecule has 0 amide bonds. The van der Waals surface area contributed by atoms with Crippen LogP contribution < -0.4 is 4.31 Å². The second kappa shape index (κ2) is 6.69. The van der Waals surface area contributed by atoms with Gasteiger partial charge in [-0.3, -0.25) is 4.31 Å². The fourth-order valence-electron chi connectivity index (χ4n) is 2.89. The van der Waals surface area contributed by atoms with Gasteiger partial charge in [-0.25, -0.2) is 18.2 Å². The molecule has 1 aliphatic heterocycles. The molecule has 6 nitrogen and oxygen atoms in total. The summed E-state index contributed by atoms with van der Waals surface area (Å²) in [6.45, 7) is 0.587. The second-order valence-electron chi connectivity index (χ2n) is 5.94. The SMILES string of the molecule is O=C(OCc1nc2ccccc2s1)c1ccc(N2CCCS2(=O)=O)cc1. The highest BCUT2D eigenvalue weighted by Gasteiger charge is 2.28. The Morgan fingerprint density at radius 3 is 2.62 bits per heavy atom. The summed E-state index contributed by atoms with van der Waals surface area (Å²) >= 11 is 1.49. The number of anilines is 1. The average Bonchev–Trinajstić information content (AvgIpc) is 3.22. The van der Waals surface area contributed by atoms with Gasteiger partial charge in [-0.05, 0) is 42.8 Å². The van der Waals surface area contributed by atoms with Crippen LogP contribution in [0.4, 0.5) is 5.69 Å². The zero-order chi connectivity index (χ0) is 18.1. The number of carbonyl (C=O) groups is 1. The molecule has 8 heteroatoms. The van der Waals surface area contributed by atoms with Gasteiger partial charge in [-0.1, -0.05) is 12.1 Å². The van der Waals surface area contributed by atoms with Gasteiger partial charge in [0.15, 0.2) is 0 Å². The molecular weight excluding hydrogens is 372 g/mol. The maximum atomic E-state index is 12.2. The molecule has 26 heavy (non-hydrogen) atoms. The molecular formula is C18H16N2O4S2. The van der Waals surface area contributed by atoms with Gasteiger partial charge in [-0.2, -0.15) is 0 Å². The molecule has 3 aromatic rings. The van der Waals surface area contributed by atoms with Gasteiger partial charge < -0.3 is 4.74 Å². The summed E-state index contributed by atoms with van der Waals surface area (Å²) in [4.78, 5) is 16.6. The van der Waals surface area contributed by atoms with E-state index in [9.17, 15) is 13.2 Å². The van der Waals surface area contributed by atoms with Crippen LogP contribution in [-0.4, -0.2) is 31.7 Å². The van der Waals surface area contributed by atoms with E-state index in [-0.39, 0.29) is 12.4 Å². The molecule has 4 rings (SSSR count). The Morgan fingerprint density at radius 2 is 1.92 bits per heavy atom. The molecule has 0 unspecified atom stereocenters. The highest BCUT2D eigenvalue weighted by molar-refractivity contribution is 7.93. The lowest BCUT2D eigenvalue weighted by molar-refractivity contribution is 0.0472. The number of para-hydroxylation sites is 1. The lowest BCUT2D eigenvalue weighted by atomic mass is 10.2. The molecule has 0 atom stereocenters. The topological polar surface area (TPSA) is 76.6 Å². The number of sulfonamides is 1. The Balaban J connectivity index is 1.43. The molecule has 0 spiro atoms. The van der Waals surface area contributed by atoms with Crippen LogP contribution in [0.15, 0.2) is 48.5 Å². The summed E-state index contributed by atoms with van der Waals surface area (Å²) in [6.07, 6.45) is 0.619. The Kier molecular flexibility index (Phi) is 4.37. The van der Waals surface area contributed by atoms with E-state index in [0.717, 1.165) is 15.2 Å². The average molecular weight is 388 g/mol. The van der Waals surface area contributed by atoms with Crippen molar-refractivity contribution in [2.45, 2.75) is 13.0 Å². The van der Waals surface area contributed by atoms with Gasteiger partial charge in [0.1, 0.15) is 11.6 Å². The number of rotatable bonds is 4. The van der Waals surface area contributed by atoms with Crippen LogP contribution >= 0.6 is 11.3 Å². The number of nitrogens with zero attached hydrogens (tertiary/aromatic N) is 2. The third-order valence-corrected chi connectivity index (χ3v) is 7.03. The van der Waals surface area contributed by atoms with E-state index in [1.165, 1.54) is 15.6 Å². The van der Waals surface area contributed by atoms with Crippen molar-refractivity contribution < 1.29 is 17.9 Å². The van der Waals surface area contributed by atoms with E-state index in [1.807, 2.05) is 24.3 Å². The first-order valence-corrected chi connectivity index (χ1v) is 10.6. The molecule has 1 fully saturated rings. The third-order valence-electron chi connectivity index (χ3n) is 4.16. The fourth-order valence-corrected chi connectivity index (χ4v) is 5.33. The molecule has 2 aromatic carbocycles. The van der Waals surface area contributed by atoms with E-state index in [0.29, 0.717) is 24.2 Å². The Labute approximate surface area is 155 Å². The van der Waals surface area contributed by atoms with Crippen molar-refractivity contribution in [3.05, 3.63) is 59.1 Å². The van der Waals surface area contributed by atoms with Crippen LogP contribution in [0.1, 0.15) is 21.8 Å². The van der Waals surface area contributed by atoms with Crippen LogP contribution in [0, 0.1) is 0 Å². The highest BCUT2D eigenvalue weighted by atomic mass is 32.2. The number of aromatic nitrogens is 1. The number of carbonyl (C=O) groups excluding carboxylic acids is 1. The van der Waals surface area contributed by atoms with Gasteiger partial charge in [0.25, 0.3) is 0 Å².